The first-order valence-electron chi connectivity index (χ1n) is 11.0. The van der Waals surface area contributed by atoms with Crippen molar-refractivity contribution < 1.29 is 4.74 Å². The van der Waals surface area contributed by atoms with Crippen LogP contribution >= 0.6 is 11.6 Å². The number of halogens is 1. The Kier molecular flexibility index (Phi) is 8.71. The van der Waals surface area contributed by atoms with Crippen LogP contribution in [-0.4, -0.2) is 37.7 Å². The highest BCUT2D eigenvalue weighted by atomic mass is 35.5. The molecule has 0 saturated carbocycles. The summed E-state index contributed by atoms with van der Waals surface area (Å²) in [4.78, 5) is 17.9. The minimum atomic E-state index is 0.594. The summed E-state index contributed by atoms with van der Waals surface area (Å²) in [5.41, 5.74) is 4.80. The minimum absolute atomic E-state index is 0.594. The Hall–Kier alpha value is -2.83. The van der Waals surface area contributed by atoms with Gasteiger partial charge in [-0.3, -0.25) is 14.5 Å². The number of rotatable bonds is 7. The molecule has 4 aromatic rings. The van der Waals surface area contributed by atoms with Gasteiger partial charge in [0.15, 0.2) is 0 Å². The molecule has 0 bridgehead atoms. The van der Waals surface area contributed by atoms with Gasteiger partial charge in [-0.2, -0.15) is 0 Å². The molecule has 32 heavy (non-hydrogen) atoms. The van der Waals surface area contributed by atoms with Gasteiger partial charge in [0.1, 0.15) is 11.6 Å². The molecule has 0 aliphatic rings. The lowest BCUT2D eigenvalue weighted by molar-refractivity contribution is 0.132. The molecule has 168 valence electrons. The predicted octanol–water partition coefficient (Wildman–Crippen LogP) is 6.36. The number of fused-ring (bicyclic) bond motifs is 1. The van der Waals surface area contributed by atoms with Crippen molar-refractivity contribution in [1.29, 1.82) is 0 Å². The maximum Gasteiger partial charge on any atom is 0.148 e. The van der Waals surface area contributed by atoms with Gasteiger partial charge in [0.25, 0.3) is 0 Å². The Balaban J connectivity index is 0.000000312. The summed E-state index contributed by atoms with van der Waals surface area (Å²) in [6.45, 7) is 10.2. The van der Waals surface area contributed by atoms with E-state index in [1.54, 1.807) is 18.6 Å². The van der Waals surface area contributed by atoms with Crippen molar-refractivity contribution in [2.45, 2.75) is 47.0 Å². The summed E-state index contributed by atoms with van der Waals surface area (Å²) in [5, 5.41) is 0.594. The van der Waals surface area contributed by atoms with Crippen LogP contribution in [0.25, 0.3) is 28.2 Å². The fraction of sp³-hybridized carbons (Fsp3) is 0.360. The molecule has 0 saturated heterocycles. The molecule has 0 aliphatic heterocycles. The van der Waals surface area contributed by atoms with E-state index in [0.717, 1.165) is 59.1 Å². The Morgan fingerprint density at radius 2 is 1.81 bits per heavy atom. The van der Waals surface area contributed by atoms with E-state index in [2.05, 4.69) is 35.7 Å². The number of aryl methyl sites for hydroxylation is 2. The number of unbranched alkanes of at least 4 members (excludes halogenated alkanes) is 1. The molecule has 4 heterocycles. The van der Waals surface area contributed by atoms with E-state index in [0.29, 0.717) is 5.02 Å². The standard InChI is InChI=1S/C18H14ClN5.C7H16O/c1-11-7-12(2)21-9-14(11)18-23-15-5-6-20-10-16(15)24(18)17-4-3-13(19)8-22-17;1-3-5-7-8-6-4-2/h3-10H,1-2H3;3-7H2,1-2H3. The zero-order valence-electron chi connectivity index (χ0n) is 19.2. The SMILES string of the molecule is CCCCOCCC.Cc1cc(C)c(-c2nc3ccncc3n2-c2ccc(Cl)cn2)cn1. The molecular formula is C25H30ClN5O. The van der Waals surface area contributed by atoms with E-state index >= 15 is 0 Å². The average molecular weight is 452 g/mol. The Morgan fingerprint density at radius 3 is 2.50 bits per heavy atom. The van der Waals surface area contributed by atoms with Crippen LogP contribution in [0.2, 0.25) is 5.02 Å². The Morgan fingerprint density at radius 1 is 0.969 bits per heavy atom. The number of pyridine rings is 3. The monoisotopic (exact) mass is 451 g/mol. The summed E-state index contributed by atoms with van der Waals surface area (Å²) in [7, 11) is 0. The molecule has 0 amide bonds. The van der Waals surface area contributed by atoms with E-state index in [1.165, 1.54) is 12.8 Å². The van der Waals surface area contributed by atoms with Crippen LogP contribution in [0, 0.1) is 13.8 Å². The first-order chi connectivity index (χ1) is 15.5. The van der Waals surface area contributed by atoms with Gasteiger partial charge in [-0.05, 0) is 56.5 Å². The Labute approximate surface area is 194 Å². The van der Waals surface area contributed by atoms with Gasteiger partial charge >= 0.3 is 0 Å². The molecule has 7 heteroatoms. The molecule has 0 N–H and O–H groups in total. The second-order valence-corrected chi connectivity index (χ2v) is 8.01. The summed E-state index contributed by atoms with van der Waals surface area (Å²) >= 11 is 5.98. The highest BCUT2D eigenvalue weighted by Crippen LogP contribution is 2.29. The number of ether oxygens (including phenoxy) is 1. The fourth-order valence-corrected chi connectivity index (χ4v) is 3.37. The van der Waals surface area contributed by atoms with E-state index in [9.17, 15) is 0 Å². The topological polar surface area (TPSA) is 65.7 Å². The largest absolute Gasteiger partial charge is 0.381 e. The lowest BCUT2D eigenvalue weighted by atomic mass is 10.1. The van der Waals surface area contributed by atoms with Crippen molar-refractivity contribution in [2.75, 3.05) is 13.2 Å². The first kappa shape index (κ1) is 23.8. The molecule has 0 spiro atoms. The lowest BCUT2D eigenvalue weighted by Gasteiger charge is -2.10. The second kappa shape index (κ2) is 11.7. The minimum Gasteiger partial charge on any atom is -0.381 e. The lowest BCUT2D eigenvalue weighted by Crippen LogP contribution is -2.01. The fourth-order valence-electron chi connectivity index (χ4n) is 3.26. The maximum atomic E-state index is 5.98. The molecule has 0 unspecified atom stereocenters. The molecule has 0 radical (unpaired) electrons. The summed E-state index contributed by atoms with van der Waals surface area (Å²) in [6, 6.07) is 7.63. The van der Waals surface area contributed by atoms with Gasteiger partial charge in [0.2, 0.25) is 0 Å². The zero-order chi connectivity index (χ0) is 22.9. The molecule has 0 fully saturated rings. The van der Waals surface area contributed by atoms with E-state index < -0.39 is 0 Å². The van der Waals surface area contributed by atoms with Gasteiger partial charge < -0.3 is 4.74 Å². The second-order valence-electron chi connectivity index (χ2n) is 7.58. The maximum absolute atomic E-state index is 5.98. The number of hydrogen-bond donors (Lipinski definition) is 0. The third-order valence-electron chi connectivity index (χ3n) is 4.88. The molecule has 4 rings (SSSR count). The van der Waals surface area contributed by atoms with Crippen LogP contribution in [0.5, 0.6) is 0 Å². The molecular weight excluding hydrogens is 422 g/mol. The van der Waals surface area contributed by atoms with E-state index in [-0.39, 0.29) is 0 Å². The van der Waals surface area contributed by atoms with Crippen LogP contribution in [0.4, 0.5) is 0 Å². The molecule has 0 atom stereocenters. The average Bonchev–Trinajstić information content (AvgIpc) is 3.17. The van der Waals surface area contributed by atoms with Crippen molar-refractivity contribution in [3.8, 4) is 17.2 Å². The van der Waals surface area contributed by atoms with Gasteiger partial charge in [-0.1, -0.05) is 31.9 Å². The highest BCUT2D eigenvalue weighted by molar-refractivity contribution is 6.30. The third kappa shape index (κ3) is 5.90. The van der Waals surface area contributed by atoms with Gasteiger partial charge in [-0.15, -0.1) is 0 Å². The van der Waals surface area contributed by atoms with Crippen molar-refractivity contribution in [3.63, 3.8) is 0 Å². The third-order valence-corrected chi connectivity index (χ3v) is 5.10. The van der Waals surface area contributed by atoms with Crippen LogP contribution in [0.3, 0.4) is 0 Å². The number of imidazole rings is 1. The molecule has 4 aromatic heterocycles. The number of nitrogens with zero attached hydrogens (tertiary/aromatic N) is 5. The smallest absolute Gasteiger partial charge is 0.148 e. The summed E-state index contributed by atoms with van der Waals surface area (Å²) < 4.78 is 7.21. The molecule has 0 aromatic carbocycles. The summed E-state index contributed by atoms with van der Waals surface area (Å²) in [5.74, 6) is 1.53. The summed E-state index contributed by atoms with van der Waals surface area (Å²) in [6.07, 6.45) is 10.6. The van der Waals surface area contributed by atoms with Crippen LogP contribution in [0.1, 0.15) is 44.4 Å². The number of hydrogen-bond acceptors (Lipinski definition) is 5. The highest BCUT2D eigenvalue weighted by Gasteiger charge is 2.17. The van der Waals surface area contributed by atoms with E-state index in [1.807, 2.05) is 42.0 Å². The molecule has 0 aliphatic carbocycles. The van der Waals surface area contributed by atoms with Gasteiger partial charge in [0, 0.05) is 43.1 Å². The van der Waals surface area contributed by atoms with Crippen molar-refractivity contribution >= 4 is 22.6 Å². The van der Waals surface area contributed by atoms with Crippen molar-refractivity contribution in [2.24, 2.45) is 0 Å². The van der Waals surface area contributed by atoms with Crippen molar-refractivity contribution in [3.05, 3.63) is 65.3 Å². The normalized spacial score (nSPS) is 10.8. The predicted molar refractivity (Wildman–Crippen MR) is 130 cm³/mol. The van der Waals surface area contributed by atoms with Gasteiger partial charge in [0.05, 0.1) is 22.3 Å². The first-order valence-corrected chi connectivity index (χ1v) is 11.4. The van der Waals surface area contributed by atoms with Crippen LogP contribution in [0.15, 0.2) is 49.1 Å². The molecule has 6 nitrogen and oxygen atoms in total. The van der Waals surface area contributed by atoms with E-state index in [4.69, 9.17) is 21.3 Å². The zero-order valence-corrected chi connectivity index (χ0v) is 19.9. The van der Waals surface area contributed by atoms with Crippen molar-refractivity contribution in [1.82, 2.24) is 24.5 Å². The number of aromatic nitrogens is 5. The quantitative estimate of drug-likeness (QED) is 0.306. The van der Waals surface area contributed by atoms with Crippen LogP contribution in [-0.2, 0) is 4.74 Å². The Bertz CT molecular complexity index is 1130. The van der Waals surface area contributed by atoms with Crippen LogP contribution < -0.4 is 0 Å². The van der Waals surface area contributed by atoms with Gasteiger partial charge in [-0.25, -0.2) is 9.97 Å².